The van der Waals surface area contributed by atoms with Gasteiger partial charge >= 0.3 is 0 Å². The summed E-state index contributed by atoms with van der Waals surface area (Å²) in [5.41, 5.74) is 3.66. The van der Waals surface area contributed by atoms with Gasteiger partial charge < -0.3 is 10.1 Å². The maximum Gasteiger partial charge on any atom is 0.270 e. The lowest BCUT2D eigenvalue weighted by Crippen LogP contribution is -2.37. The number of nitrogens with one attached hydrogen (secondary N) is 1. The second-order valence-corrected chi connectivity index (χ2v) is 9.11. The highest BCUT2D eigenvalue weighted by Gasteiger charge is 2.24. The second kappa shape index (κ2) is 8.09. The summed E-state index contributed by atoms with van der Waals surface area (Å²) in [7, 11) is 1.65. The van der Waals surface area contributed by atoms with Crippen LogP contribution in [0.2, 0.25) is 0 Å². The molecule has 1 fully saturated rings. The van der Waals surface area contributed by atoms with Gasteiger partial charge in [0.2, 0.25) is 0 Å². The number of ether oxygens (including phenoxy) is 1. The molecule has 3 aromatic rings. The summed E-state index contributed by atoms with van der Waals surface area (Å²) in [6, 6.07) is 11.8. The predicted molar refractivity (Wildman–Crippen MR) is 118 cm³/mol. The van der Waals surface area contributed by atoms with Gasteiger partial charge in [0.1, 0.15) is 11.4 Å². The maximum absolute atomic E-state index is 13.3. The molecule has 1 aliphatic carbocycles. The summed E-state index contributed by atoms with van der Waals surface area (Å²) in [4.78, 5) is 18.1. The van der Waals surface area contributed by atoms with Crippen LogP contribution in [0.5, 0.6) is 5.75 Å². The Kier molecular flexibility index (Phi) is 5.50. The molecule has 0 radical (unpaired) electrons. The number of fused-ring (bicyclic) bond motifs is 1. The molecular formula is C24H30N4O2. The third kappa shape index (κ3) is 4.18. The van der Waals surface area contributed by atoms with Crippen molar-refractivity contribution in [2.24, 2.45) is 0 Å². The number of methoxy groups -OCH3 is 1. The van der Waals surface area contributed by atoms with Gasteiger partial charge in [-0.25, -0.2) is 9.50 Å². The van der Waals surface area contributed by atoms with E-state index in [-0.39, 0.29) is 17.4 Å². The SMILES string of the molecule is COc1ccc(-c2cc(C(=O)NC3CCCCC3)n3nc(C(C)(C)C)cc3n2)cc1. The van der Waals surface area contributed by atoms with Gasteiger partial charge in [-0.05, 0) is 43.2 Å². The third-order valence-corrected chi connectivity index (χ3v) is 5.75. The first-order chi connectivity index (χ1) is 14.3. The molecule has 1 aromatic carbocycles. The molecule has 0 unspecified atom stereocenters. The van der Waals surface area contributed by atoms with E-state index < -0.39 is 0 Å². The second-order valence-electron chi connectivity index (χ2n) is 9.11. The molecule has 1 N–H and O–H groups in total. The number of aromatic nitrogens is 3. The average Bonchev–Trinajstić information content (AvgIpc) is 3.18. The normalized spacial score (nSPS) is 15.3. The number of nitrogens with zero attached hydrogens (tertiary/aromatic N) is 3. The lowest BCUT2D eigenvalue weighted by molar-refractivity contribution is 0.0920. The number of hydrogen-bond acceptors (Lipinski definition) is 4. The number of amides is 1. The minimum Gasteiger partial charge on any atom is -0.497 e. The van der Waals surface area contributed by atoms with E-state index in [1.807, 2.05) is 36.4 Å². The van der Waals surface area contributed by atoms with Gasteiger partial charge in [0.05, 0.1) is 18.5 Å². The van der Waals surface area contributed by atoms with E-state index in [9.17, 15) is 4.79 Å². The van der Waals surface area contributed by atoms with Crippen LogP contribution in [0, 0.1) is 0 Å². The predicted octanol–water partition coefficient (Wildman–Crippen LogP) is 4.76. The van der Waals surface area contributed by atoms with Crippen molar-refractivity contribution in [3.63, 3.8) is 0 Å². The summed E-state index contributed by atoms with van der Waals surface area (Å²) in [5, 5.41) is 7.96. The first-order valence-electron chi connectivity index (χ1n) is 10.7. The highest BCUT2D eigenvalue weighted by molar-refractivity contribution is 5.94. The summed E-state index contributed by atoms with van der Waals surface area (Å²) in [5.74, 6) is 0.696. The molecule has 0 saturated heterocycles. The molecule has 0 atom stereocenters. The fourth-order valence-electron chi connectivity index (χ4n) is 3.92. The maximum atomic E-state index is 13.3. The van der Waals surface area contributed by atoms with Gasteiger partial charge in [0, 0.05) is 23.1 Å². The van der Waals surface area contributed by atoms with Gasteiger partial charge in [-0.2, -0.15) is 5.10 Å². The van der Waals surface area contributed by atoms with Gasteiger partial charge in [0.25, 0.3) is 5.91 Å². The zero-order chi connectivity index (χ0) is 21.3. The van der Waals surface area contributed by atoms with E-state index in [1.54, 1.807) is 11.6 Å². The van der Waals surface area contributed by atoms with Crippen LogP contribution in [0.4, 0.5) is 0 Å². The molecule has 158 valence electrons. The topological polar surface area (TPSA) is 68.5 Å². The highest BCUT2D eigenvalue weighted by atomic mass is 16.5. The molecule has 0 bridgehead atoms. The van der Waals surface area contributed by atoms with Crippen molar-refractivity contribution in [1.82, 2.24) is 19.9 Å². The molecular weight excluding hydrogens is 376 g/mol. The molecule has 0 spiro atoms. The van der Waals surface area contributed by atoms with Crippen LogP contribution in [0.3, 0.4) is 0 Å². The van der Waals surface area contributed by atoms with E-state index >= 15 is 0 Å². The molecule has 2 heterocycles. The van der Waals surface area contributed by atoms with Crippen LogP contribution < -0.4 is 10.1 Å². The lowest BCUT2D eigenvalue weighted by atomic mass is 9.93. The van der Waals surface area contributed by atoms with Gasteiger partial charge in [-0.1, -0.05) is 40.0 Å². The van der Waals surface area contributed by atoms with Crippen LogP contribution in [-0.4, -0.2) is 33.7 Å². The van der Waals surface area contributed by atoms with Crippen molar-refractivity contribution < 1.29 is 9.53 Å². The Bertz CT molecular complexity index is 1040. The minimum absolute atomic E-state index is 0.0902. The number of carbonyl (C=O) groups excluding carboxylic acids is 1. The number of hydrogen-bond donors (Lipinski definition) is 1. The zero-order valence-electron chi connectivity index (χ0n) is 18.2. The smallest absolute Gasteiger partial charge is 0.270 e. The molecule has 30 heavy (non-hydrogen) atoms. The fourth-order valence-corrected chi connectivity index (χ4v) is 3.92. The molecule has 1 aliphatic rings. The number of rotatable bonds is 4. The van der Waals surface area contributed by atoms with Crippen LogP contribution in [0.15, 0.2) is 36.4 Å². The third-order valence-electron chi connectivity index (χ3n) is 5.75. The van der Waals surface area contributed by atoms with Gasteiger partial charge in [-0.3, -0.25) is 4.79 Å². The van der Waals surface area contributed by atoms with E-state index in [0.717, 1.165) is 35.5 Å². The Labute approximate surface area is 177 Å². The van der Waals surface area contributed by atoms with E-state index in [4.69, 9.17) is 14.8 Å². The van der Waals surface area contributed by atoms with Crippen molar-refractivity contribution in [2.45, 2.75) is 64.3 Å². The Morgan fingerprint density at radius 1 is 1.10 bits per heavy atom. The van der Waals surface area contributed by atoms with Crippen LogP contribution in [0.25, 0.3) is 16.9 Å². The van der Waals surface area contributed by atoms with Crippen molar-refractivity contribution in [2.75, 3.05) is 7.11 Å². The Morgan fingerprint density at radius 2 is 1.80 bits per heavy atom. The van der Waals surface area contributed by atoms with Crippen LogP contribution in [0.1, 0.15) is 69.1 Å². The van der Waals surface area contributed by atoms with E-state index in [1.165, 1.54) is 19.3 Å². The molecule has 4 rings (SSSR count). The van der Waals surface area contributed by atoms with Gasteiger partial charge in [0.15, 0.2) is 5.65 Å². The summed E-state index contributed by atoms with van der Waals surface area (Å²) in [6.07, 6.45) is 5.67. The molecule has 6 heteroatoms. The number of benzene rings is 1. The Morgan fingerprint density at radius 3 is 2.43 bits per heavy atom. The Hall–Kier alpha value is -2.89. The molecule has 6 nitrogen and oxygen atoms in total. The zero-order valence-corrected chi connectivity index (χ0v) is 18.2. The van der Waals surface area contributed by atoms with Crippen molar-refractivity contribution in [1.29, 1.82) is 0 Å². The summed E-state index contributed by atoms with van der Waals surface area (Å²) < 4.78 is 6.95. The van der Waals surface area contributed by atoms with Crippen molar-refractivity contribution in [3.8, 4) is 17.0 Å². The average molecular weight is 407 g/mol. The molecule has 2 aromatic heterocycles. The quantitative estimate of drug-likeness (QED) is 0.678. The molecule has 0 aliphatic heterocycles. The van der Waals surface area contributed by atoms with Crippen LogP contribution >= 0.6 is 0 Å². The molecule has 1 amide bonds. The van der Waals surface area contributed by atoms with Crippen LogP contribution in [-0.2, 0) is 5.41 Å². The summed E-state index contributed by atoms with van der Waals surface area (Å²) in [6.45, 7) is 6.34. The summed E-state index contributed by atoms with van der Waals surface area (Å²) >= 11 is 0. The first kappa shape index (κ1) is 20.4. The van der Waals surface area contributed by atoms with E-state index in [0.29, 0.717) is 11.3 Å². The highest BCUT2D eigenvalue weighted by Crippen LogP contribution is 2.26. The van der Waals surface area contributed by atoms with Gasteiger partial charge in [-0.15, -0.1) is 0 Å². The lowest BCUT2D eigenvalue weighted by Gasteiger charge is -2.23. The number of carbonyl (C=O) groups is 1. The Balaban J connectivity index is 1.78. The molecule has 1 saturated carbocycles. The first-order valence-corrected chi connectivity index (χ1v) is 10.7. The monoisotopic (exact) mass is 406 g/mol. The fraction of sp³-hybridized carbons (Fsp3) is 0.458. The minimum atomic E-state index is -0.134. The van der Waals surface area contributed by atoms with Crippen molar-refractivity contribution >= 4 is 11.6 Å². The largest absolute Gasteiger partial charge is 0.497 e. The van der Waals surface area contributed by atoms with Crippen molar-refractivity contribution in [3.05, 3.63) is 47.8 Å². The standard InChI is InChI=1S/C24H30N4O2/c1-24(2,3)21-15-22-26-19(16-10-12-18(30-4)13-11-16)14-20(28(22)27-21)23(29)25-17-8-6-5-7-9-17/h10-15,17H,5-9H2,1-4H3,(H,25,29). The van der Waals surface area contributed by atoms with E-state index in [2.05, 4.69) is 26.1 Å².